The maximum absolute atomic E-state index is 9.44. The molecule has 0 radical (unpaired) electrons. The number of likely N-dealkylation sites (tertiary alicyclic amines) is 1. The molecule has 0 spiro atoms. The lowest BCUT2D eigenvalue weighted by Crippen LogP contribution is -2.45. The van der Waals surface area contributed by atoms with Gasteiger partial charge in [-0.15, -0.1) is 0 Å². The Morgan fingerprint density at radius 3 is 2.76 bits per heavy atom. The van der Waals surface area contributed by atoms with E-state index >= 15 is 0 Å². The molecule has 0 amide bonds. The molecule has 0 aromatic heterocycles. The number of phenols is 2. The molecule has 2 atom stereocenters. The molecule has 1 fully saturated rings. The summed E-state index contributed by atoms with van der Waals surface area (Å²) >= 11 is 0. The smallest absolute Gasteiger partial charge is 0.157 e. The number of hydrogen-bond acceptors (Lipinski definition) is 4. The minimum Gasteiger partial charge on any atom is -0.504 e. The van der Waals surface area contributed by atoms with E-state index in [1.165, 1.54) is 6.07 Å². The molecular weight excluding hydrogens is 216 g/mol. The van der Waals surface area contributed by atoms with Crippen molar-refractivity contribution in [2.75, 3.05) is 13.1 Å². The summed E-state index contributed by atoms with van der Waals surface area (Å²) in [6.45, 7) is 4.95. The Hall–Kier alpha value is -1.26. The van der Waals surface area contributed by atoms with Crippen molar-refractivity contribution in [2.24, 2.45) is 11.7 Å². The van der Waals surface area contributed by atoms with Gasteiger partial charge in [0.2, 0.25) is 0 Å². The largest absolute Gasteiger partial charge is 0.504 e. The highest BCUT2D eigenvalue weighted by molar-refractivity contribution is 5.40. The molecular formula is C13H20N2O2. The summed E-state index contributed by atoms with van der Waals surface area (Å²) in [5, 5.41) is 18.7. The highest BCUT2D eigenvalue weighted by Gasteiger charge is 2.22. The number of nitrogens with two attached hydrogens (primary N) is 1. The average molecular weight is 236 g/mol. The van der Waals surface area contributed by atoms with Gasteiger partial charge >= 0.3 is 0 Å². The third-order valence-electron chi connectivity index (χ3n) is 3.50. The number of rotatable bonds is 2. The van der Waals surface area contributed by atoms with E-state index < -0.39 is 0 Å². The lowest BCUT2D eigenvalue weighted by molar-refractivity contribution is 0.157. The maximum atomic E-state index is 9.44. The molecule has 2 rings (SSSR count). The van der Waals surface area contributed by atoms with Crippen LogP contribution in [0.2, 0.25) is 0 Å². The van der Waals surface area contributed by atoms with Crippen molar-refractivity contribution in [3.05, 3.63) is 23.8 Å². The van der Waals surface area contributed by atoms with Gasteiger partial charge in [-0.2, -0.15) is 0 Å². The van der Waals surface area contributed by atoms with Gasteiger partial charge in [-0.3, -0.25) is 4.90 Å². The first-order valence-corrected chi connectivity index (χ1v) is 6.05. The zero-order chi connectivity index (χ0) is 12.4. The van der Waals surface area contributed by atoms with E-state index in [9.17, 15) is 10.2 Å². The Kier molecular flexibility index (Phi) is 3.54. The van der Waals surface area contributed by atoms with Gasteiger partial charge < -0.3 is 15.9 Å². The van der Waals surface area contributed by atoms with Crippen molar-refractivity contribution >= 4 is 0 Å². The Morgan fingerprint density at radius 1 is 1.35 bits per heavy atom. The number of nitrogens with zero attached hydrogens (tertiary/aromatic N) is 1. The molecule has 0 aliphatic carbocycles. The Labute approximate surface area is 102 Å². The van der Waals surface area contributed by atoms with E-state index in [4.69, 9.17) is 5.73 Å². The van der Waals surface area contributed by atoms with E-state index in [-0.39, 0.29) is 11.5 Å². The van der Waals surface area contributed by atoms with Gasteiger partial charge in [-0.25, -0.2) is 0 Å². The van der Waals surface area contributed by atoms with Gasteiger partial charge in [0.25, 0.3) is 0 Å². The molecule has 1 aromatic carbocycles. The topological polar surface area (TPSA) is 69.7 Å². The van der Waals surface area contributed by atoms with Crippen LogP contribution in [0.5, 0.6) is 11.5 Å². The zero-order valence-electron chi connectivity index (χ0n) is 10.1. The monoisotopic (exact) mass is 236 g/mol. The minimum absolute atomic E-state index is 0.0516. The molecule has 94 valence electrons. The summed E-state index contributed by atoms with van der Waals surface area (Å²) in [4.78, 5) is 2.33. The van der Waals surface area contributed by atoms with Crippen molar-refractivity contribution in [2.45, 2.75) is 25.9 Å². The normalized spacial score (nSPS) is 26.0. The fraction of sp³-hybridized carbons (Fsp3) is 0.538. The number of phenolic OH excluding ortho intramolecular Hbond substituents is 2. The molecule has 2 unspecified atom stereocenters. The lowest BCUT2D eigenvalue weighted by atomic mass is 9.94. The van der Waals surface area contributed by atoms with Crippen molar-refractivity contribution in [1.82, 2.24) is 4.90 Å². The zero-order valence-corrected chi connectivity index (χ0v) is 10.1. The molecule has 4 N–H and O–H groups in total. The molecule has 4 heteroatoms. The van der Waals surface area contributed by atoms with E-state index in [0.717, 1.165) is 31.6 Å². The first-order chi connectivity index (χ1) is 8.06. The van der Waals surface area contributed by atoms with Gasteiger partial charge in [0.15, 0.2) is 11.5 Å². The molecule has 4 nitrogen and oxygen atoms in total. The van der Waals surface area contributed by atoms with Gasteiger partial charge in [0.1, 0.15) is 0 Å². The molecule has 1 aliphatic heterocycles. The molecule has 0 saturated carbocycles. The molecule has 17 heavy (non-hydrogen) atoms. The van der Waals surface area contributed by atoms with Crippen LogP contribution in [-0.4, -0.2) is 34.2 Å². The summed E-state index contributed by atoms with van der Waals surface area (Å²) in [7, 11) is 0. The van der Waals surface area contributed by atoms with E-state index in [1.54, 1.807) is 6.07 Å². The predicted octanol–water partition coefficient (Wildman–Crippen LogP) is 1.27. The van der Waals surface area contributed by atoms with Crippen LogP contribution in [0.1, 0.15) is 18.9 Å². The van der Waals surface area contributed by atoms with Crippen LogP contribution in [0.15, 0.2) is 18.2 Å². The lowest BCUT2D eigenvalue weighted by Gasteiger charge is -2.35. The molecule has 1 heterocycles. The second-order valence-corrected chi connectivity index (χ2v) is 4.99. The third kappa shape index (κ3) is 2.90. The fourth-order valence-electron chi connectivity index (χ4n) is 2.32. The van der Waals surface area contributed by atoms with Crippen LogP contribution in [0.3, 0.4) is 0 Å². The summed E-state index contributed by atoms with van der Waals surface area (Å²) in [6.07, 6.45) is 1.02. The predicted molar refractivity (Wildman–Crippen MR) is 66.8 cm³/mol. The molecule has 1 saturated heterocycles. The van der Waals surface area contributed by atoms with Crippen molar-refractivity contribution < 1.29 is 10.2 Å². The second-order valence-electron chi connectivity index (χ2n) is 4.99. The van der Waals surface area contributed by atoms with E-state index in [2.05, 4.69) is 11.8 Å². The van der Waals surface area contributed by atoms with Gasteiger partial charge in [0, 0.05) is 19.1 Å². The number of aromatic hydroxyl groups is 2. The average Bonchev–Trinajstić information content (AvgIpc) is 2.29. The van der Waals surface area contributed by atoms with Crippen LogP contribution in [0.25, 0.3) is 0 Å². The molecule has 0 bridgehead atoms. The van der Waals surface area contributed by atoms with Crippen LogP contribution < -0.4 is 5.73 Å². The maximum Gasteiger partial charge on any atom is 0.157 e. The minimum atomic E-state index is -0.0669. The number of piperidine rings is 1. The van der Waals surface area contributed by atoms with Crippen LogP contribution in [-0.2, 0) is 6.54 Å². The highest BCUT2D eigenvalue weighted by atomic mass is 16.3. The van der Waals surface area contributed by atoms with Gasteiger partial charge in [0.05, 0.1) is 0 Å². The summed E-state index contributed by atoms with van der Waals surface area (Å²) < 4.78 is 0. The molecule has 1 aromatic rings. The summed E-state index contributed by atoms with van der Waals surface area (Å²) in [6, 6.07) is 5.30. The number of benzene rings is 1. The van der Waals surface area contributed by atoms with E-state index in [0.29, 0.717) is 12.0 Å². The van der Waals surface area contributed by atoms with Crippen LogP contribution in [0, 0.1) is 5.92 Å². The Balaban J connectivity index is 1.99. The number of hydrogen-bond donors (Lipinski definition) is 3. The summed E-state index contributed by atoms with van der Waals surface area (Å²) in [5.74, 6) is 0.390. The third-order valence-corrected chi connectivity index (χ3v) is 3.50. The van der Waals surface area contributed by atoms with Crippen LogP contribution in [0.4, 0.5) is 0 Å². The Bertz CT molecular complexity index is 395. The van der Waals surface area contributed by atoms with Gasteiger partial charge in [-0.1, -0.05) is 13.0 Å². The quantitative estimate of drug-likeness (QED) is 0.676. The fourth-order valence-corrected chi connectivity index (χ4v) is 2.32. The Morgan fingerprint density at radius 2 is 2.12 bits per heavy atom. The highest BCUT2D eigenvalue weighted by Crippen LogP contribution is 2.26. The van der Waals surface area contributed by atoms with Crippen molar-refractivity contribution in [3.8, 4) is 11.5 Å². The van der Waals surface area contributed by atoms with Crippen LogP contribution >= 0.6 is 0 Å². The van der Waals surface area contributed by atoms with Crippen molar-refractivity contribution in [3.63, 3.8) is 0 Å². The summed E-state index contributed by atoms with van der Waals surface area (Å²) in [5.41, 5.74) is 6.99. The van der Waals surface area contributed by atoms with Gasteiger partial charge in [-0.05, 0) is 36.6 Å². The standard InChI is InChI=1S/C13H20N2O2/c1-9-7-15(5-4-11(9)14)8-10-2-3-12(16)13(17)6-10/h2-3,6,9,11,16-17H,4-5,7-8,14H2,1H3. The second kappa shape index (κ2) is 4.94. The van der Waals surface area contributed by atoms with Crippen molar-refractivity contribution in [1.29, 1.82) is 0 Å². The SMILES string of the molecule is CC1CN(Cc2ccc(O)c(O)c2)CCC1N. The van der Waals surface area contributed by atoms with E-state index in [1.807, 2.05) is 6.07 Å². The first-order valence-electron chi connectivity index (χ1n) is 6.05. The molecule has 1 aliphatic rings. The first kappa shape index (κ1) is 12.2.